The van der Waals surface area contributed by atoms with Gasteiger partial charge in [-0.25, -0.2) is 19.3 Å². The number of nitrogens with zero attached hydrogens (tertiary/aromatic N) is 4. The summed E-state index contributed by atoms with van der Waals surface area (Å²) in [5.41, 5.74) is 0.263. The highest BCUT2D eigenvalue weighted by molar-refractivity contribution is 5.52. The summed E-state index contributed by atoms with van der Waals surface area (Å²) in [6.07, 6.45) is 1.94. The minimum Gasteiger partial charge on any atom is -0.395 e. The van der Waals surface area contributed by atoms with Crippen molar-refractivity contribution in [2.24, 2.45) is 0 Å². The number of hydrogen-bond acceptors (Lipinski definition) is 5. The first-order chi connectivity index (χ1) is 9.62. The van der Waals surface area contributed by atoms with Gasteiger partial charge in [-0.05, 0) is 19.8 Å². The smallest absolute Gasteiger partial charge is 0.349 e. The highest BCUT2D eigenvalue weighted by Crippen LogP contribution is 2.19. The lowest BCUT2D eigenvalue weighted by molar-refractivity contribution is 0.295. The largest absolute Gasteiger partial charge is 0.395 e. The van der Waals surface area contributed by atoms with Crippen LogP contribution >= 0.6 is 0 Å². The summed E-state index contributed by atoms with van der Waals surface area (Å²) in [7, 11) is 0. The zero-order valence-electron chi connectivity index (χ0n) is 12.1. The van der Waals surface area contributed by atoms with Gasteiger partial charge in [0.2, 0.25) is 0 Å². The molecule has 110 valence electrons. The molecule has 0 aliphatic carbocycles. The summed E-state index contributed by atoms with van der Waals surface area (Å²) in [6.45, 7) is 6.59. The fraction of sp³-hybridized carbons (Fsp3) is 0.615. The van der Waals surface area contributed by atoms with Crippen molar-refractivity contribution in [3.05, 3.63) is 22.4 Å². The molecular weight excluding hydrogens is 258 g/mol. The van der Waals surface area contributed by atoms with E-state index in [-0.39, 0.29) is 12.3 Å². The SMILES string of the molecule is CCC(CC)N(CCO)c1cc2n[nH]c(=O)n2c(C)n1. The maximum absolute atomic E-state index is 11.6. The van der Waals surface area contributed by atoms with Crippen LogP contribution in [0, 0.1) is 6.92 Å². The highest BCUT2D eigenvalue weighted by Gasteiger charge is 2.18. The van der Waals surface area contributed by atoms with Crippen molar-refractivity contribution in [3.63, 3.8) is 0 Å². The molecule has 0 aliphatic rings. The topological polar surface area (TPSA) is 86.5 Å². The lowest BCUT2D eigenvalue weighted by atomic mass is 10.1. The van der Waals surface area contributed by atoms with Crippen LogP contribution in [0.25, 0.3) is 5.65 Å². The van der Waals surface area contributed by atoms with Gasteiger partial charge in [0, 0.05) is 18.7 Å². The number of fused-ring (bicyclic) bond motifs is 1. The summed E-state index contributed by atoms with van der Waals surface area (Å²) in [5, 5.41) is 15.7. The van der Waals surface area contributed by atoms with Crippen LogP contribution in [-0.2, 0) is 0 Å². The molecule has 2 aromatic rings. The third-order valence-electron chi connectivity index (χ3n) is 3.57. The van der Waals surface area contributed by atoms with E-state index < -0.39 is 0 Å². The van der Waals surface area contributed by atoms with E-state index in [1.807, 2.05) is 0 Å². The summed E-state index contributed by atoms with van der Waals surface area (Å²) in [4.78, 5) is 18.2. The maximum atomic E-state index is 11.6. The Labute approximate surface area is 117 Å². The second-order valence-corrected chi connectivity index (χ2v) is 4.77. The summed E-state index contributed by atoms with van der Waals surface area (Å²) in [5.74, 6) is 1.34. The van der Waals surface area contributed by atoms with Crippen molar-refractivity contribution < 1.29 is 5.11 Å². The Hall–Kier alpha value is -1.89. The van der Waals surface area contributed by atoms with E-state index in [0.717, 1.165) is 18.7 Å². The molecule has 0 aliphatic heterocycles. The average molecular weight is 279 g/mol. The van der Waals surface area contributed by atoms with Crippen molar-refractivity contribution in [1.82, 2.24) is 19.6 Å². The van der Waals surface area contributed by atoms with Crippen molar-refractivity contribution in [2.75, 3.05) is 18.1 Å². The first-order valence-corrected chi connectivity index (χ1v) is 6.94. The number of nitrogens with one attached hydrogen (secondary N) is 1. The minimum absolute atomic E-state index is 0.0653. The molecule has 2 N–H and O–H groups in total. The number of aromatic nitrogens is 4. The van der Waals surface area contributed by atoms with E-state index in [0.29, 0.717) is 24.1 Å². The first-order valence-electron chi connectivity index (χ1n) is 6.94. The number of hydrogen-bond donors (Lipinski definition) is 2. The van der Waals surface area contributed by atoms with Gasteiger partial charge >= 0.3 is 5.69 Å². The van der Waals surface area contributed by atoms with Crippen LogP contribution in [0.4, 0.5) is 5.82 Å². The van der Waals surface area contributed by atoms with Crippen LogP contribution in [0.3, 0.4) is 0 Å². The minimum atomic E-state index is -0.284. The van der Waals surface area contributed by atoms with Crippen molar-refractivity contribution in [2.45, 2.75) is 39.7 Å². The third-order valence-corrected chi connectivity index (χ3v) is 3.57. The van der Waals surface area contributed by atoms with Crippen LogP contribution in [0.5, 0.6) is 0 Å². The molecule has 0 fully saturated rings. The monoisotopic (exact) mass is 279 g/mol. The van der Waals surface area contributed by atoms with Gasteiger partial charge in [0.15, 0.2) is 5.65 Å². The van der Waals surface area contributed by atoms with E-state index in [1.165, 1.54) is 4.40 Å². The van der Waals surface area contributed by atoms with Crippen LogP contribution in [0.2, 0.25) is 0 Å². The molecule has 2 aromatic heterocycles. The van der Waals surface area contributed by atoms with E-state index >= 15 is 0 Å². The molecule has 2 rings (SSSR count). The third kappa shape index (κ3) is 2.53. The van der Waals surface area contributed by atoms with Gasteiger partial charge in [-0.15, -0.1) is 0 Å². The molecule has 0 aromatic carbocycles. The number of rotatable bonds is 6. The van der Waals surface area contributed by atoms with E-state index in [2.05, 4.69) is 33.9 Å². The van der Waals surface area contributed by atoms with Crippen LogP contribution in [0.15, 0.2) is 10.9 Å². The number of aromatic amines is 1. The van der Waals surface area contributed by atoms with E-state index in [1.54, 1.807) is 13.0 Å². The molecule has 0 amide bonds. The Morgan fingerprint density at radius 3 is 2.75 bits per heavy atom. The fourth-order valence-corrected chi connectivity index (χ4v) is 2.55. The molecule has 7 nitrogen and oxygen atoms in total. The average Bonchev–Trinajstić information content (AvgIpc) is 2.81. The molecule has 7 heteroatoms. The van der Waals surface area contributed by atoms with E-state index in [9.17, 15) is 9.90 Å². The second kappa shape index (κ2) is 6.04. The zero-order valence-corrected chi connectivity index (χ0v) is 12.1. The molecule has 0 spiro atoms. The van der Waals surface area contributed by atoms with Gasteiger partial charge in [-0.1, -0.05) is 13.8 Å². The number of aliphatic hydroxyl groups is 1. The molecule has 2 heterocycles. The first kappa shape index (κ1) is 14.5. The summed E-state index contributed by atoms with van der Waals surface area (Å²) >= 11 is 0. The predicted octanol–water partition coefficient (Wildman–Crippen LogP) is 0.713. The normalized spacial score (nSPS) is 11.4. The van der Waals surface area contributed by atoms with Crippen molar-refractivity contribution >= 4 is 11.5 Å². The van der Waals surface area contributed by atoms with E-state index in [4.69, 9.17) is 0 Å². The molecule has 0 unspecified atom stereocenters. The zero-order chi connectivity index (χ0) is 14.7. The molecule has 0 bridgehead atoms. The Morgan fingerprint density at radius 2 is 2.15 bits per heavy atom. The van der Waals surface area contributed by atoms with Gasteiger partial charge in [-0.3, -0.25) is 0 Å². The van der Waals surface area contributed by atoms with Gasteiger partial charge in [0.25, 0.3) is 0 Å². The fourth-order valence-electron chi connectivity index (χ4n) is 2.55. The van der Waals surface area contributed by atoms with Crippen LogP contribution < -0.4 is 10.6 Å². The Kier molecular flexibility index (Phi) is 4.39. The van der Waals surface area contributed by atoms with Gasteiger partial charge in [-0.2, -0.15) is 5.10 Å². The number of H-pyrrole nitrogens is 1. The van der Waals surface area contributed by atoms with Crippen LogP contribution in [0.1, 0.15) is 32.5 Å². The van der Waals surface area contributed by atoms with Gasteiger partial charge in [0.1, 0.15) is 11.6 Å². The quantitative estimate of drug-likeness (QED) is 0.813. The summed E-state index contributed by atoms with van der Waals surface area (Å²) in [6, 6.07) is 2.08. The molecule has 0 atom stereocenters. The maximum Gasteiger partial charge on any atom is 0.349 e. The lowest BCUT2D eigenvalue weighted by Crippen LogP contribution is -2.37. The number of aryl methyl sites for hydroxylation is 1. The molecular formula is C13H21N5O2. The second-order valence-electron chi connectivity index (χ2n) is 4.77. The Balaban J connectivity index is 2.50. The number of aliphatic hydroxyl groups excluding tert-OH is 1. The van der Waals surface area contributed by atoms with Crippen molar-refractivity contribution in [3.8, 4) is 0 Å². The van der Waals surface area contributed by atoms with Gasteiger partial charge in [0.05, 0.1) is 6.61 Å². The van der Waals surface area contributed by atoms with Crippen LogP contribution in [-0.4, -0.2) is 43.9 Å². The Morgan fingerprint density at radius 1 is 1.45 bits per heavy atom. The molecule has 20 heavy (non-hydrogen) atoms. The standard InChI is InChI=1S/C13H21N5O2/c1-4-10(5-2)17(6-7-19)11-8-12-15-16-13(20)18(12)9(3)14-11/h8,10,19H,4-7H2,1-3H3,(H,16,20). The van der Waals surface area contributed by atoms with Crippen molar-refractivity contribution in [1.29, 1.82) is 0 Å². The predicted molar refractivity (Wildman–Crippen MR) is 77.1 cm³/mol. The lowest BCUT2D eigenvalue weighted by Gasteiger charge is -2.31. The molecule has 0 saturated carbocycles. The molecule has 0 saturated heterocycles. The highest BCUT2D eigenvalue weighted by atomic mass is 16.3. The number of anilines is 1. The summed E-state index contributed by atoms with van der Waals surface area (Å²) < 4.78 is 1.44. The van der Waals surface area contributed by atoms with Gasteiger partial charge < -0.3 is 10.0 Å². The Bertz CT molecular complexity index is 629. The molecule has 0 radical (unpaired) electrons.